The van der Waals surface area contributed by atoms with Gasteiger partial charge in [0.05, 0.1) is 17.8 Å². The first-order valence-electron chi connectivity index (χ1n) is 8.55. The minimum absolute atomic E-state index is 0.0372. The van der Waals surface area contributed by atoms with Gasteiger partial charge >= 0.3 is 0 Å². The molecule has 2 heterocycles. The Labute approximate surface area is 159 Å². The number of nitrogens with zero attached hydrogens (tertiary/aromatic N) is 2. The van der Waals surface area contributed by atoms with E-state index in [0.717, 1.165) is 10.4 Å². The van der Waals surface area contributed by atoms with Gasteiger partial charge in [0.2, 0.25) is 11.3 Å². The summed E-state index contributed by atoms with van der Waals surface area (Å²) in [5.41, 5.74) is 1.52. The summed E-state index contributed by atoms with van der Waals surface area (Å²) in [7, 11) is 0. The standard InChI is InChI=1S/C21H17N3O2S/c25-18-13-22-24(17-10-5-4-9-16(17)18)14-20(26)23-21(19-11-6-12-27-19)15-7-2-1-3-8-15/h1-13,21H,14H2,(H,23,26)/t21-/m0/s1. The molecule has 134 valence electrons. The largest absolute Gasteiger partial charge is 0.343 e. The molecule has 0 saturated carbocycles. The highest BCUT2D eigenvalue weighted by atomic mass is 32.1. The van der Waals surface area contributed by atoms with Crippen LogP contribution in [0.2, 0.25) is 0 Å². The molecule has 0 bridgehead atoms. The van der Waals surface area contributed by atoms with Gasteiger partial charge in [0, 0.05) is 10.3 Å². The van der Waals surface area contributed by atoms with E-state index in [9.17, 15) is 9.59 Å². The van der Waals surface area contributed by atoms with Gasteiger partial charge in [-0.15, -0.1) is 11.3 Å². The molecule has 1 atom stereocenters. The number of benzene rings is 2. The normalized spacial score (nSPS) is 12.0. The number of fused-ring (bicyclic) bond motifs is 1. The molecule has 0 fully saturated rings. The van der Waals surface area contributed by atoms with Crippen LogP contribution in [-0.2, 0) is 11.3 Å². The first-order chi connectivity index (χ1) is 13.2. The Morgan fingerprint density at radius 3 is 2.59 bits per heavy atom. The van der Waals surface area contributed by atoms with Crippen molar-refractivity contribution in [3.63, 3.8) is 0 Å². The lowest BCUT2D eigenvalue weighted by molar-refractivity contribution is -0.122. The Kier molecular flexibility index (Phi) is 4.80. The highest BCUT2D eigenvalue weighted by molar-refractivity contribution is 7.10. The second kappa shape index (κ2) is 7.55. The van der Waals surface area contributed by atoms with Crippen molar-refractivity contribution in [1.82, 2.24) is 15.1 Å². The van der Waals surface area contributed by atoms with Crippen LogP contribution in [0.15, 0.2) is 83.1 Å². The van der Waals surface area contributed by atoms with E-state index < -0.39 is 0 Å². The first-order valence-corrected chi connectivity index (χ1v) is 9.43. The molecule has 0 aliphatic heterocycles. The van der Waals surface area contributed by atoms with E-state index in [2.05, 4.69) is 10.4 Å². The number of hydrogen-bond donors (Lipinski definition) is 1. The molecule has 6 heteroatoms. The van der Waals surface area contributed by atoms with Gasteiger partial charge in [0.1, 0.15) is 6.54 Å². The van der Waals surface area contributed by atoms with Crippen LogP contribution >= 0.6 is 11.3 Å². The maximum atomic E-state index is 12.8. The van der Waals surface area contributed by atoms with Crippen molar-refractivity contribution >= 4 is 28.1 Å². The molecule has 2 aromatic heterocycles. The zero-order valence-electron chi connectivity index (χ0n) is 14.4. The molecule has 4 aromatic rings. The third kappa shape index (κ3) is 3.66. The SMILES string of the molecule is O=C(Cn1ncc(=O)c2ccccc21)N[C@@H](c1ccccc1)c1cccs1. The van der Waals surface area contributed by atoms with Crippen molar-refractivity contribution < 1.29 is 4.79 Å². The zero-order chi connectivity index (χ0) is 18.6. The maximum Gasteiger partial charge on any atom is 0.242 e. The lowest BCUT2D eigenvalue weighted by Crippen LogP contribution is -2.32. The number of hydrogen-bond acceptors (Lipinski definition) is 4. The van der Waals surface area contributed by atoms with Crippen molar-refractivity contribution in [2.75, 3.05) is 0 Å². The summed E-state index contributed by atoms with van der Waals surface area (Å²) in [5.74, 6) is -0.168. The van der Waals surface area contributed by atoms with E-state index in [1.54, 1.807) is 34.2 Å². The predicted molar refractivity (Wildman–Crippen MR) is 107 cm³/mol. The molecule has 5 nitrogen and oxygen atoms in total. The van der Waals surface area contributed by atoms with E-state index in [1.807, 2.05) is 53.9 Å². The Morgan fingerprint density at radius 1 is 1.04 bits per heavy atom. The number of rotatable bonds is 5. The highest BCUT2D eigenvalue weighted by Crippen LogP contribution is 2.25. The van der Waals surface area contributed by atoms with Crippen LogP contribution in [0.5, 0.6) is 0 Å². The molecule has 0 spiro atoms. The summed E-state index contributed by atoms with van der Waals surface area (Å²) in [4.78, 5) is 25.8. The first kappa shape index (κ1) is 17.2. The van der Waals surface area contributed by atoms with Gasteiger partial charge in [-0.05, 0) is 29.1 Å². The van der Waals surface area contributed by atoms with Crippen LogP contribution in [0, 0.1) is 0 Å². The van der Waals surface area contributed by atoms with Crippen molar-refractivity contribution in [3.8, 4) is 0 Å². The van der Waals surface area contributed by atoms with Crippen LogP contribution in [0.1, 0.15) is 16.5 Å². The van der Waals surface area contributed by atoms with Crippen molar-refractivity contribution in [2.24, 2.45) is 0 Å². The number of para-hydroxylation sites is 1. The number of aromatic nitrogens is 2. The van der Waals surface area contributed by atoms with Gasteiger partial charge in [-0.2, -0.15) is 5.10 Å². The summed E-state index contributed by atoms with van der Waals surface area (Å²) in [5, 5.41) is 9.78. The molecule has 0 saturated heterocycles. The van der Waals surface area contributed by atoms with Crippen LogP contribution in [0.4, 0.5) is 0 Å². The smallest absolute Gasteiger partial charge is 0.242 e. The zero-order valence-corrected chi connectivity index (χ0v) is 15.2. The fraction of sp³-hybridized carbons (Fsp3) is 0.0952. The average Bonchev–Trinajstić information content (AvgIpc) is 3.24. The Hall–Kier alpha value is -3.25. The van der Waals surface area contributed by atoms with Gasteiger partial charge in [0.25, 0.3) is 0 Å². The molecule has 0 radical (unpaired) electrons. The third-order valence-corrected chi connectivity index (χ3v) is 5.26. The van der Waals surface area contributed by atoms with Crippen LogP contribution in [-0.4, -0.2) is 15.7 Å². The van der Waals surface area contributed by atoms with E-state index in [1.165, 1.54) is 6.20 Å². The molecule has 0 unspecified atom stereocenters. The summed E-state index contributed by atoms with van der Waals surface area (Å²) in [6.07, 6.45) is 1.25. The van der Waals surface area contributed by atoms with Gasteiger partial charge in [0.15, 0.2) is 0 Å². The van der Waals surface area contributed by atoms with Crippen LogP contribution < -0.4 is 10.7 Å². The van der Waals surface area contributed by atoms with Gasteiger partial charge in [-0.1, -0.05) is 48.5 Å². The maximum absolute atomic E-state index is 12.8. The second-order valence-corrected chi connectivity index (χ2v) is 7.09. The quantitative estimate of drug-likeness (QED) is 0.582. The summed E-state index contributed by atoms with van der Waals surface area (Å²) >= 11 is 1.60. The molecular weight excluding hydrogens is 358 g/mol. The van der Waals surface area contributed by atoms with Crippen LogP contribution in [0.3, 0.4) is 0 Å². The van der Waals surface area contributed by atoms with Gasteiger partial charge in [-0.3, -0.25) is 14.3 Å². The lowest BCUT2D eigenvalue weighted by Gasteiger charge is -2.19. The van der Waals surface area contributed by atoms with Crippen LogP contribution in [0.25, 0.3) is 10.9 Å². The molecule has 2 aromatic carbocycles. The fourth-order valence-corrected chi connectivity index (χ4v) is 3.85. The fourth-order valence-electron chi connectivity index (χ4n) is 3.05. The Balaban J connectivity index is 1.61. The van der Waals surface area contributed by atoms with Crippen molar-refractivity contribution in [1.29, 1.82) is 0 Å². The Bertz CT molecular complexity index is 1120. The van der Waals surface area contributed by atoms with Gasteiger partial charge < -0.3 is 5.32 Å². The number of amides is 1. The topological polar surface area (TPSA) is 64.0 Å². The van der Waals surface area contributed by atoms with Crippen molar-refractivity contribution in [2.45, 2.75) is 12.6 Å². The number of thiophene rings is 1. The van der Waals surface area contributed by atoms with E-state index >= 15 is 0 Å². The minimum Gasteiger partial charge on any atom is -0.343 e. The summed E-state index contributed by atoms with van der Waals surface area (Å²) in [6.45, 7) is 0.0372. The third-order valence-electron chi connectivity index (χ3n) is 4.32. The molecule has 0 aliphatic carbocycles. The van der Waals surface area contributed by atoms with Gasteiger partial charge in [-0.25, -0.2) is 0 Å². The minimum atomic E-state index is -0.218. The second-order valence-electron chi connectivity index (χ2n) is 6.11. The van der Waals surface area contributed by atoms with E-state index in [4.69, 9.17) is 0 Å². The molecule has 0 aliphatic rings. The molecule has 1 N–H and O–H groups in total. The molecule has 1 amide bonds. The lowest BCUT2D eigenvalue weighted by atomic mass is 10.1. The average molecular weight is 375 g/mol. The number of carbonyl (C=O) groups is 1. The summed E-state index contributed by atoms with van der Waals surface area (Å²) < 4.78 is 1.56. The van der Waals surface area contributed by atoms with E-state index in [0.29, 0.717) is 10.9 Å². The Morgan fingerprint density at radius 2 is 1.81 bits per heavy atom. The highest BCUT2D eigenvalue weighted by Gasteiger charge is 2.18. The summed E-state index contributed by atoms with van der Waals surface area (Å²) in [6, 6.07) is 20.8. The molecular formula is C21H17N3O2S. The molecule has 27 heavy (non-hydrogen) atoms. The molecule has 4 rings (SSSR count). The van der Waals surface area contributed by atoms with E-state index in [-0.39, 0.29) is 23.9 Å². The van der Waals surface area contributed by atoms with Crippen molar-refractivity contribution in [3.05, 3.63) is 99.0 Å². The predicted octanol–water partition coefficient (Wildman–Crippen LogP) is 3.36. The number of nitrogens with one attached hydrogen (secondary N) is 1. The number of carbonyl (C=O) groups excluding carboxylic acids is 1. The monoisotopic (exact) mass is 375 g/mol.